The normalized spacial score (nSPS) is 17.0. The van der Waals surface area contributed by atoms with Crippen LogP contribution in [0.15, 0.2) is 24.3 Å². The molecule has 138 valence electrons. The van der Waals surface area contributed by atoms with Crippen molar-refractivity contribution < 1.29 is 14.3 Å². The van der Waals surface area contributed by atoms with E-state index in [1.807, 2.05) is 45.3 Å². The highest BCUT2D eigenvalue weighted by molar-refractivity contribution is 5.96. The lowest BCUT2D eigenvalue weighted by Crippen LogP contribution is -2.43. The first-order valence-corrected chi connectivity index (χ1v) is 8.72. The fourth-order valence-corrected chi connectivity index (χ4v) is 2.78. The summed E-state index contributed by atoms with van der Waals surface area (Å²) in [7, 11) is 4.00. The number of anilines is 1. The Labute approximate surface area is 149 Å². The number of benzene rings is 1. The molecule has 1 saturated heterocycles. The van der Waals surface area contributed by atoms with E-state index >= 15 is 0 Å². The quantitative estimate of drug-likeness (QED) is 0.697. The minimum Gasteiger partial charge on any atom is -0.494 e. The maximum atomic E-state index is 12.2. The minimum absolute atomic E-state index is 0.0158. The number of nitrogens with one attached hydrogen (secondary N) is 2. The van der Waals surface area contributed by atoms with E-state index in [2.05, 4.69) is 15.5 Å². The number of hydrogen-bond acceptors (Lipinski definition) is 4. The van der Waals surface area contributed by atoms with Gasteiger partial charge in [-0.15, -0.1) is 0 Å². The smallest absolute Gasteiger partial charge is 0.315 e. The van der Waals surface area contributed by atoms with Gasteiger partial charge in [-0.25, -0.2) is 4.79 Å². The van der Waals surface area contributed by atoms with Crippen molar-refractivity contribution in [1.82, 2.24) is 15.5 Å². The molecule has 0 radical (unpaired) electrons. The van der Waals surface area contributed by atoms with Crippen molar-refractivity contribution in [2.45, 2.75) is 25.8 Å². The Morgan fingerprint density at radius 3 is 2.68 bits per heavy atom. The third kappa shape index (κ3) is 5.94. The van der Waals surface area contributed by atoms with Crippen molar-refractivity contribution in [2.75, 3.05) is 45.2 Å². The summed E-state index contributed by atoms with van der Waals surface area (Å²) >= 11 is 0. The molecule has 3 amide bonds. The van der Waals surface area contributed by atoms with E-state index < -0.39 is 0 Å². The molecule has 25 heavy (non-hydrogen) atoms. The number of amides is 3. The van der Waals surface area contributed by atoms with Crippen LogP contribution in [-0.4, -0.2) is 63.2 Å². The maximum absolute atomic E-state index is 12.2. The molecule has 7 heteroatoms. The van der Waals surface area contributed by atoms with Gasteiger partial charge in [0.25, 0.3) is 0 Å². The predicted octanol–water partition coefficient (Wildman–Crippen LogP) is 1.44. The summed E-state index contributed by atoms with van der Waals surface area (Å²) in [4.78, 5) is 27.9. The molecule has 7 nitrogen and oxygen atoms in total. The van der Waals surface area contributed by atoms with Crippen LogP contribution in [0.1, 0.15) is 19.8 Å². The Kier molecular flexibility index (Phi) is 7.06. The van der Waals surface area contributed by atoms with E-state index in [-0.39, 0.29) is 18.0 Å². The van der Waals surface area contributed by atoms with Gasteiger partial charge in [0.1, 0.15) is 5.75 Å². The van der Waals surface area contributed by atoms with Crippen LogP contribution in [-0.2, 0) is 4.79 Å². The Bertz CT molecular complexity index is 574. The molecule has 0 spiro atoms. The third-order valence-electron chi connectivity index (χ3n) is 3.99. The highest BCUT2D eigenvalue weighted by atomic mass is 16.5. The molecule has 1 fully saturated rings. The molecular formula is C18H28N4O3. The van der Waals surface area contributed by atoms with Crippen LogP contribution in [0.25, 0.3) is 0 Å². The van der Waals surface area contributed by atoms with Crippen molar-refractivity contribution in [3.8, 4) is 5.75 Å². The molecule has 0 saturated carbocycles. The molecule has 1 aliphatic heterocycles. The Morgan fingerprint density at radius 2 is 2.04 bits per heavy atom. The lowest BCUT2D eigenvalue weighted by molar-refractivity contribution is -0.117. The Balaban J connectivity index is 1.80. The van der Waals surface area contributed by atoms with Crippen molar-refractivity contribution in [3.63, 3.8) is 0 Å². The van der Waals surface area contributed by atoms with Crippen molar-refractivity contribution in [3.05, 3.63) is 24.3 Å². The first kappa shape index (κ1) is 19.1. The molecule has 0 aromatic heterocycles. The van der Waals surface area contributed by atoms with Gasteiger partial charge in [-0.3, -0.25) is 4.79 Å². The number of ether oxygens (including phenoxy) is 1. The summed E-state index contributed by atoms with van der Waals surface area (Å²) in [6.07, 6.45) is 1.21. The van der Waals surface area contributed by atoms with Crippen LogP contribution in [0.2, 0.25) is 0 Å². The van der Waals surface area contributed by atoms with E-state index in [1.54, 1.807) is 4.90 Å². The second kappa shape index (κ2) is 9.27. The average Bonchev–Trinajstić information content (AvgIpc) is 2.93. The van der Waals surface area contributed by atoms with Crippen LogP contribution < -0.4 is 20.3 Å². The predicted molar refractivity (Wildman–Crippen MR) is 98.1 cm³/mol. The summed E-state index contributed by atoms with van der Waals surface area (Å²) in [6, 6.07) is 7.05. The second-order valence-corrected chi connectivity index (χ2v) is 6.39. The van der Waals surface area contributed by atoms with E-state index in [0.717, 1.165) is 24.4 Å². The molecule has 0 aliphatic carbocycles. The monoisotopic (exact) mass is 348 g/mol. The summed E-state index contributed by atoms with van der Waals surface area (Å²) in [5, 5.41) is 5.71. The lowest BCUT2D eigenvalue weighted by atomic mass is 10.2. The van der Waals surface area contributed by atoms with Gasteiger partial charge in [0.05, 0.1) is 12.6 Å². The van der Waals surface area contributed by atoms with Gasteiger partial charge in [0.15, 0.2) is 0 Å². The SMILES string of the molecule is CCOc1ccc(N2C[C@H](NC(=O)NCCCN(C)C)CC2=O)cc1. The minimum atomic E-state index is -0.218. The summed E-state index contributed by atoms with van der Waals surface area (Å²) < 4.78 is 5.41. The van der Waals surface area contributed by atoms with Gasteiger partial charge in [-0.05, 0) is 58.3 Å². The number of carbonyl (C=O) groups excluding carboxylic acids is 2. The molecule has 1 aliphatic rings. The topological polar surface area (TPSA) is 73.9 Å². The average molecular weight is 348 g/mol. The second-order valence-electron chi connectivity index (χ2n) is 6.39. The van der Waals surface area contributed by atoms with Gasteiger partial charge in [0, 0.05) is 25.2 Å². The van der Waals surface area contributed by atoms with Crippen LogP contribution in [0.5, 0.6) is 5.75 Å². The Hall–Kier alpha value is -2.28. The summed E-state index contributed by atoms with van der Waals surface area (Å²) in [6.45, 7) is 4.57. The zero-order valence-corrected chi connectivity index (χ0v) is 15.2. The summed E-state index contributed by atoms with van der Waals surface area (Å²) in [5.74, 6) is 0.798. The number of rotatable bonds is 8. The number of carbonyl (C=O) groups is 2. The molecule has 0 unspecified atom stereocenters. The molecule has 0 bridgehead atoms. The third-order valence-corrected chi connectivity index (χ3v) is 3.99. The number of hydrogen-bond donors (Lipinski definition) is 2. The number of nitrogens with zero attached hydrogens (tertiary/aromatic N) is 2. The van der Waals surface area contributed by atoms with Gasteiger partial charge in [-0.2, -0.15) is 0 Å². The van der Waals surface area contributed by atoms with Crippen LogP contribution >= 0.6 is 0 Å². The van der Waals surface area contributed by atoms with Gasteiger partial charge in [-0.1, -0.05) is 0 Å². The van der Waals surface area contributed by atoms with Crippen molar-refractivity contribution in [2.24, 2.45) is 0 Å². The van der Waals surface area contributed by atoms with Crippen LogP contribution in [0, 0.1) is 0 Å². The molecule has 2 rings (SSSR count). The van der Waals surface area contributed by atoms with E-state index in [0.29, 0.717) is 26.1 Å². The molecule has 1 atom stereocenters. The molecular weight excluding hydrogens is 320 g/mol. The van der Waals surface area contributed by atoms with Gasteiger partial charge in [0.2, 0.25) is 5.91 Å². The molecule has 2 N–H and O–H groups in total. The van der Waals surface area contributed by atoms with Crippen LogP contribution in [0.4, 0.5) is 10.5 Å². The molecule has 1 aromatic rings. The maximum Gasteiger partial charge on any atom is 0.315 e. The fourth-order valence-electron chi connectivity index (χ4n) is 2.78. The Morgan fingerprint density at radius 1 is 1.32 bits per heavy atom. The van der Waals surface area contributed by atoms with Gasteiger partial charge < -0.3 is 25.2 Å². The molecule has 1 aromatic carbocycles. The lowest BCUT2D eigenvalue weighted by Gasteiger charge is -2.18. The zero-order valence-electron chi connectivity index (χ0n) is 15.2. The van der Waals surface area contributed by atoms with Crippen LogP contribution in [0.3, 0.4) is 0 Å². The number of urea groups is 1. The zero-order chi connectivity index (χ0) is 18.2. The molecule has 1 heterocycles. The van der Waals surface area contributed by atoms with Gasteiger partial charge >= 0.3 is 6.03 Å². The fraction of sp³-hybridized carbons (Fsp3) is 0.556. The van der Waals surface area contributed by atoms with E-state index in [9.17, 15) is 9.59 Å². The highest BCUT2D eigenvalue weighted by Gasteiger charge is 2.31. The van der Waals surface area contributed by atoms with E-state index in [1.165, 1.54) is 0 Å². The highest BCUT2D eigenvalue weighted by Crippen LogP contribution is 2.24. The van der Waals surface area contributed by atoms with E-state index in [4.69, 9.17) is 4.74 Å². The summed E-state index contributed by atoms with van der Waals surface area (Å²) in [5.41, 5.74) is 0.823. The van der Waals surface area contributed by atoms with Crippen molar-refractivity contribution >= 4 is 17.6 Å². The first-order valence-electron chi connectivity index (χ1n) is 8.72. The van der Waals surface area contributed by atoms with Crippen molar-refractivity contribution in [1.29, 1.82) is 0 Å². The largest absolute Gasteiger partial charge is 0.494 e. The standard InChI is InChI=1S/C18H28N4O3/c1-4-25-16-8-6-15(7-9-16)22-13-14(12-17(22)23)20-18(24)19-10-5-11-21(2)3/h6-9,14H,4-5,10-13H2,1-3H3,(H2,19,20,24)/t14-/m1/s1. The first-order chi connectivity index (χ1) is 12.0.